The van der Waals surface area contributed by atoms with Gasteiger partial charge in [0.25, 0.3) is 0 Å². The SMILES string of the molecule is CCCCC1=[C-]CC=C1.CCCCC1=[C-]CC=C1.COc1cccc(OC)c1O.COc1cccc(OC)c1O.[Zr+2]. The topological polar surface area (TPSA) is 77.4 Å². The average Bonchev–Trinajstić information content (AvgIpc) is 3.71. The minimum Gasteiger partial charge on any atom is -0.502 e. The molecule has 222 valence electrons. The molecule has 0 heterocycles. The zero-order valence-corrected chi connectivity index (χ0v) is 27.9. The Labute approximate surface area is 266 Å². The van der Waals surface area contributed by atoms with Crippen molar-refractivity contribution in [3.05, 3.63) is 84.0 Å². The van der Waals surface area contributed by atoms with E-state index in [-0.39, 0.29) is 37.7 Å². The predicted octanol–water partition coefficient (Wildman–Crippen LogP) is 8.55. The number of methoxy groups -OCH3 is 4. The van der Waals surface area contributed by atoms with Gasteiger partial charge >= 0.3 is 26.2 Å². The molecule has 0 radical (unpaired) electrons. The van der Waals surface area contributed by atoms with E-state index in [4.69, 9.17) is 18.9 Å². The van der Waals surface area contributed by atoms with Crippen LogP contribution in [-0.2, 0) is 26.2 Å². The Balaban J connectivity index is 0.000000518. The molecular formula is C34H46O6Zr. The number of aromatic hydroxyl groups is 2. The second-order valence-corrected chi connectivity index (χ2v) is 8.85. The molecule has 0 aliphatic heterocycles. The number of rotatable bonds is 10. The minimum atomic E-state index is 0. The van der Waals surface area contributed by atoms with Gasteiger partial charge in [-0.1, -0.05) is 64.5 Å². The van der Waals surface area contributed by atoms with Crippen LogP contribution in [0, 0.1) is 12.2 Å². The third kappa shape index (κ3) is 15.0. The molecule has 0 aromatic heterocycles. The van der Waals surface area contributed by atoms with Crippen LogP contribution < -0.4 is 18.9 Å². The molecule has 4 rings (SSSR count). The van der Waals surface area contributed by atoms with Crippen molar-refractivity contribution in [3.8, 4) is 34.5 Å². The Morgan fingerprint density at radius 1 is 0.610 bits per heavy atom. The summed E-state index contributed by atoms with van der Waals surface area (Å²) in [6, 6.07) is 10.2. The Morgan fingerprint density at radius 3 is 1.15 bits per heavy atom. The van der Waals surface area contributed by atoms with Gasteiger partial charge in [0.2, 0.25) is 11.5 Å². The van der Waals surface area contributed by atoms with Crippen molar-refractivity contribution < 1.29 is 55.4 Å². The first-order valence-corrected chi connectivity index (χ1v) is 13.8. The van der Waals surface area contributed by atoms with Crippen LogP contribution in [-0.4, -0.2) is 38.7 Å². The first-order chi connectivity index (χ1) is 19.4. The van der Waals surface area contributed by atoms with E-state index < -0.39 is 0 Å². The molecule has 2 aromatic carbocycles. The molecule has 0 unspecified atom stereocenters. The zero-order chi connectivity index (χ0) is 29.6. The minimum absolute atomic E-state index is 0. The summed E-state index contributed by atoms with van der Waals surface area (Å²) in [4.78, 5) is 0. The smallest absolute Gasteiger partial charge is 0.502 e. The summed E-state index contributed by atoms with van der Waals surface area (Å²) in [6.45, 7) is 4.44. The van der Waals surface area contributed by atoms with Gasteiger partial charge in [0.05, 0.1) is 28.4 Å². The normalized spacial score (nSPS) is 12.1. The molecule has 0 bridgehead atoms. The maximum absolute atomic E-state index is 9.34. The van der Waals surface area contributed by atoms with Crippen molar-refractivity contribution in [2.24, 2.45) is 0 Å². The number of phenolic OH excluding ortho intramolecular Hbond substituents is 2. The number of unbranched alkanes of at least 4 members (excludes halogenated alkanes) is 2. The molecule has 0 amide bonds. The van der Waals surface area contributed by atoms with Gasteiger partial charge in [0, 0.05) is 0 Å². The van der Waals surface area contributed by atoms with Crippen LogP contribution in [0.2, 0.25) is 0 Å². The van der Waals surface area contributed by atoms with E-state index in [2.05, 4.69) is 50.3 Å². The Morgan fingerprint density at radius 2 is 0.927 bits per heavy atom. The van der Waals surface area contributed by atoms with Gasteiger partial charge in [0.15, 0.2) is 23.0 Å². The van der Waals surface area contributed by atoms with Crippen LogP contribution in [0.4, 0.5) is 0 Å². The van der Waals surface area contributed by atoms with E-state index in [1.54, 1.807) is 36.4 Å². The van der Waals surface area contributed by atoms with Crippen molar-refractivity contribution in [1.29, 1.82) is 0 Å². The van der Waals surface area contributed by atoms with Crippen LogP contribution in [0.15, 0.2) is 71.8 Å². The van der Waals surface area contributed by atoms with Gasteiger partial charge in [0.1, 0.15) is 0 Å². The maximum Gasteiger partial charge on any atom is 2.00 e. The van der Waals surface area contributed by atoms with Crippen LogP contribution in [0.3, 0.4) is 0 Å². The van der Waals surface area contributed by atoms with Gasteiger partial charge in [-0.15, -0.1) is 12.8 Å². The Hall–Kier alpha value is -2.92. The number of hydrogen-bond donors (Lipinski definition) is 2. The van der Waals surface area contributed by atoms with E-state index in [1.807, 2.05) is 0 Å². The summed E-state index contributed by atoms with van der Waals surface area (Å²) in [5.41, 5.74) is 2.83. The van der Waals surface area contributed by atoms with Gasteiger partial charge in [-0.2, -0.15) is 12.2 Å². The van der Waals surface area contributed by atoms with E-state index in [0.29, 0.717) is 23.0 Å². The molecule has 7 heteroatoms. The number of para-hydroxylation sites is 2. The van der Waals surface area contributed by atoms with Crippen molar-refractivity contribution in [3.63, 3.8) is 0 Å². The summed E-state index contributed by atoms with van der Waals surface area (Å²) in [5, 5.41) is 18.7. The number of ether oxygens (including phenoxy) is 4. The van der Waals surface area contributed by atoms with Gasteiger partial charge in [-0.3, -0.25) is 12.2 Å². The summed E-state index contributed by atoms with van der Waals surface area (Å²) >= 11 is 0. The predicted molar refractivity (Wildman–Crippen MR) is 162 cm³/mol. The van der Waals surface area contributed by atoms with Gasteiger partial charge in [-0.25, -0.2) is 23.3 Å². The molecule has 2 N–H and O–H groups in total. The number of benzene rings is 2. The summed E-state index contributed by atoms with van der Waals surface area (Å²) in [6.07, 6.45) is 25.1. The van der Waals surface area contributed by atoms with Gasteiger partial charge in [-0.05, 0) is 24.3 Å². The number of phenols is 2. The molecule has 0 atom stereocenters. The molecule has 41 heavy (non-hydrogen) atoms. The fourth-order valence-electron chi connectivity index (χ4n) is 3.64. The second kappa shape index (κ2) is 23.8. The zero-order valence-electron chi connectivity index (χ0n) is 25.5. The van der Waals surface area contributed by atoms with E-state index in [9.17, 15) is 10.2 Å². The van der Waals surface area contributed by atoms with Crippen molar-refractivity contribution in [2.45, 2.75) is 65.2 Å². The molecule has 2 aliphatic carbocycles. The first-order valence-electron chi connectivity index (χ1n) is 13.8. The Kier molecular flexibility index (Phi) is 22.1. The molecular weight excluding hydrogens is 596 g/mol. The monoisotopic (exact) mass is 640 g/mol. The maximum atomic E-state index is 9.34. The fraction of sp³-hybridized carbons (Fsp3) is 0.412. The average molecular weight is 642 g/mol. The molecule has 0 fully saturated rings. The molecule has 0 spiro atoms. The van der Waals surface area contributed by atoms with Crippen LogP contribution >= 0.6 is 0 Å². The van der Waals surface area contributed by atoms with Crippen LogP contribution in [0.5, 0.6) is 34.5 Å². The van der Waals surface area contributed by atoms with Crippen LogP contribution in [0.1, 0.15) is 65.2 Å². The second-order valence-electron chi connectivity index (χ2n) is 8.85. The van der Waals surface area contributed by atoms with E-state index >= 15 is 0 Å². The number of hydrogen-bond acceptors (Lipinski definition) is 6. The van der Waals surface area contributed by atoms with E-state index in [0.717, 1.165) is 12.8 Å². The van der Waals surface area contributed by atoms with Crippen LogP contribution in [0.25, 0.3) is 0 Å². The molecule has 0 saturated heterocycles. The van der Waals surface area contributed by atoms with E-state index in [1.165, 1.54) is 78.1 Å². The third-order valence-electron chi connectivity index (χ3n) is 5.93. The van der Waals surface area contributed by atoms with Crippen molar-refractivity contribution in [1.82, 2.24) is 0 Å². The largest absolute Gasteiger partial charge is 2.00 e. The van der Waals surface area contributed by atoms with Crippen molar-refractivity contribution >= 4 is 0 Å². The Bertz CT molecular complexity index is 972. The number of allylic oxidation sites excluding steroid dienone is 8. The quantitative estimate of drug-likeness (QED) is 0.253. The van der Waals surface area contributed by atoms with Gasteiger partial charge < -0.3 is 29.2 Å². The molecule has 6 nitrogen and oxygen atoms in total. The fourth-order valence-corrected chi connectivity index (χ4v) is 3.64. The van der Waals surface area contributed by atoms with Crippen molar-refractivity contribution in [2.75, 3.05) is 28.4 Å². The molecule has 0 saturated carbocycles. The summed E-state index contributed by atoms with van der Waals surface area (Å²) in [7, 11) is 5.98. The summed E-state index contributed by atoms with van der Waals surface area (Å²) < 4.78 is 19.4. The molecule has 2 aromatic rings. The third-order valence-corrected chi connectivity index (χ3v) is 5.93. The first kappa shape index (κ1) is 38.1. The summed E-state index contributed by atoms with van der Waals surface area (Å²) in [5.74, 6) is 1.76. The standard InChI is InChI=1S/2C9H13.2C8H10O3.Zr/c2*1-2-3-6-9-7-4-5-8-9;2*1-10-6-4-3-5-7(11-2)8(6)9;/h2*4,7H,2-3,5-6H2,1H3;2*3-5,9H,1-2H3;/q2*-1;;;+2. The molecule has 2 aliphatic rings.